The van der Waals surface area contributed by atoms with Gasteiger partial charge in [-0.25, -0.2) is 0 Å². The molecule has 296 valence electrons. The summed E-state index contributed by atoms with van der Waals surface area (Å²) in [6.45, 7) is 26.0. The van der Waals surface area contributed by atoms with Crippen molar-refractivity contribution in [3.63, 3.8) is 0 Å². The van der Waals surface area contributed by atoms with E-state index in [2.05, 4.69) is 228 Å². The minimum atomic E-state index is -0.537. The van der Waals surface area contributed by atoms with Crippen molar-refractivity contribution in [1.82, 2.24) is 0 Å². The van der Waals surface area contributed by atoms with Crippen molar-refractivity contribution in [3.05, 3.63) is 300 Å². The first-order valence-corrected chi connectivity index (χ1v) is 20.8. The Labute approximate surface area is 362 Å². The molecule has 0 radical (unpaired) electrons. The van der Waals surface area contributed by atoms with Crippen LogP contribution in [0.15, 0.2) is 256 Å². The molecule has 0 saturated carbocycles. The second-order valence-corrected chi connectivity index (χ2v) is 16.0. The summed E-state index contributed by atoms with van der Waals surface area (Å²) >= 11 is 0. The molecule has 0 amide bonds. The lowest BCUT2D eigenvalue weighted by Gasteiger charge is -2.34. The average molecular weight is 786 g/mol. The number of rotatable bonds is 14. The molecule has 0 aromatic heterocycles. The van der Waals surface area contributed by atoms with Gasteiger partial charge in [0.2, 0.25) is 0 Å². The third-order valence-electron chi connectivity index (χ3n) is 12.2. The minimum absolute atomic E-state index is 0.233. The van der Waals surface area contributed by atoms with Crippen molar-refractivity contribution in [2.75, 3.05) is 4.90 Å². The van der Waals surface area contributed by atoms with E-state index < -0.39 is 5.41 Å². The van der Waals surface area contributed by atoms with Crippen LogP contribution in [-0.2, 0) is 10.8 Å². The number of nitrogens with zero attached hydrogens (tertiary/aromatic N) is 1. The predicted octanol–water partition coefficient (Wildman–Crippen LogP) is 15.4. The summed E-state index contributed by atoms with van der Waals surface area (Å²) in [5.41, 5.74) is 17.2. The highest BCUT2D eigenvalue weighted by Gasteiger charge is 2.46. The average Bonchev–Trinajstić information content (AvgIpc) is 3.73. The molecule has 0 N–H and O–H groups in total. The van der Waals surface area contributed by atoms with Gasteiger partial charge in [0.25, 0.3) is 0 Å². The van der Waals surface area contributed by atoms with E-state index in [1.54, 1.807) is 6.08 Å². The molecule has 0 aliphatic heterocycles. The van der Waals surface area contributed by atoms with Crippen LogP contribution in [-0.4, -0.2) is 0 Å². The van der Waals surface area contributed by atoms with E-state index in [1.165, 1.54) is 44.5 Å². The summed E-state index contributed by atoms with van der Waals surface area (Å²) < 4.78 is 0. The van der Waals surface area contributed by atoms with Crippen LogP contribution >= 0.6 is 0 Å². The van der Waals surface area contributed by atoms with Crippen LogP contribution in [0.5, 0.6) is 0 Å². The topological polar surface area (TPSA) is 3.24 Å². The Morgan fingerprint density at radius 2 is 1.16 bits per heavy atom. The fourth-order valence-electron chi connectivity index (χ4n) is 9.44. The Bertz CT molecular complexity index is 2810. The first-order valence-electron chi connectivity index (χ1n) is 20.8. The van der Waals surface area contributed by atoms with E-state index in [1.807, 2.05) is 30.4 Å². The fraction of sp³-hybridized carbons (Fsp3) is 0.0667. The molecule has 2 aliphatic carbocycles. The highest BCUT2D eigenvalue weighted by molar-refractivity contribution is 5.90. The second-order valence-electron chi connectivity index (χ2n) is 16.0. The van der Waals surface area contributed by atoms with E-state index in [0.717, 1.165) is 44.8 Å². The van der Waals surface area contributed by atoms with E-state index in [4.69, 9.17) is 0 Å². The standard InChI is InChI=1S/C60H51N/c1-8-11-27-45-28-18-19-29-46(45)41-49(9-2)61(40-25-24-26-43(4)44(5)58-51(10-3)52-34-20-22-36-55(52)59(58,6)7)50-38-39-54-53-35-21-23-37-56(53)60(57(54)42-50,47-30-14-12-15-31-47)48-32-16-13-17-33-48/h8-42H,1-5H2,6-7H3/b26-24-,27-11-,40-25+,49-41+. The summed E-state index contributed by atoms with van der Waals surface area (Å²) in [5.74, 6) is 0. The summed E-state index contributed by atoms with van der Waals surface area (Å²) in [5, 5.41) is 0. The molecule has 0 saturated heterocycles. The van der Waals surface area contributed by atoms with Crippen LogP contribution in [0.4, 0.5) is 5.69 Å². The number of benzene rings is 6. The molecule has 0 heterocycles. The molecule has 6 aromatic rings. The van der Waals surface area contributed by atoms with Crippen LogP contribution in [0.1, 0.15) is 58.4 Å². The van der Waals surface area contributed by atoms with Gasteiger partial charge in [-0.1, -0.05) is 223 Å². The van der Waals surface area contributed by atoms with Crippen molar-refractivity contribution >= 4 is 23.4 Å². The van der Waals surface area contributed by atoms with Crippen molar-refractivity contribution < 1.29 is 0 Å². The van der Waals surface area contributed by atoms with Gasteiger partial charge < -0.3 is 4.90 Å². The van der Waals surface area contributed by atoms with Gasteiger partial charge in [0.05, 0.1) is 5.41 Å². The third-order valence-corrected chi connectivity index (χ3v) is 12.2. The maximum atomic E-state index is 4.58. The van der Waals surface area contributed by atoms with Crippen LogP contribution in [0.25, 0.3) is 28.9 Å². The van der Waals surface area contributed by atoms with Crippen molar-refractivity contribution in [1.29, 1.82) is 0 Å². The summed E-state index contributed by atoms with van der Waals surface area (Å²) in [4.78, 5) is 2.22. The molecule has 0 bridgehead atoms. The van der Waals surface area contributed by atoms with E-state index >= 15 is 0 Å². The minimum Gasteiger partial charge on any atom is -0.317 e. The zero-order valence-corrected chi connectivity index (χ0v) is 35.2. The highest BCUT2D eigenvalue weighted by Crippen LogP contribution is 2.57. The Kier molecular flexibility index (Phi) is 11.2. The van der Waals surface area contributed by atoms with Gasteiger partial charge in [-0.15, -0.1) is 0 Å². The first kappa shape index (κ1) is 40.3. The molecule has 8 rings (SSSR count). The molecule has 61 heavy (non-hydrogen) atoms. The molecular formula is C60H51N. The number of hydrogen-bond donors (Lipinski definition) is 0. The summed E-state index contributed by atoms with van der Waals surface area (Å²) in [6, 6.07) is 54.5. The first-order chi connectivity index (χ1) is 29.7. The maximum Gasteiger partial charge on any atom is 0.0714 e. The third kappa shape index (κ3) is 7.09. The zero-order chi connectivity index (χ0) is 42.6. The van der Waals surface area contributed by atoms with Crippen LogP contribution in [0.3, 0.4) is 0 Å². The smallest absolute Gasteiger partial charge is 0.0714 e. The van der Waals surface area contributed by atoms with Gasteiger partial charge in [-0.3, -0.25) is 0 Å². The Balaban J connectivity index is 1.25. The second kappa shape index (κ2) is 17.0. The normalized spacial score (nSPS) is 14.8. The van der Waals surface area contributed by atoms with Gasteiger partial charge in [0.1, 0.15) is 0 Å². The quantitative estimate of drug-likeness (QED) is 0.0993. The lowest BCUT2D eigenvalue weighted by molar-refractivity contribution is 0.648. The van der Waals surface area contributed by atoms with Crippen LogP contribution in [0, 0.1) is 0 Å². The maximum absolute atomic E-state index is 4.58. The van der Waals surface area contributed by atoms with Crippen LogP contribution < -0.4 is 4.90 Å². The van der Waals surface area contributed by atoms with E-state index in [0.29, 0.717) is 0 Å². The van der Waals surface area contributed by atoms with Gasteiger partial charge in [-0.05, 0) is 108 Å². The fourth-order valence-corrected chi connectivity index (χ4v) is 9.44. The van der Waals surface area contributed by atoms with Gasteiger partial charge in [-0.2, -0.15) is 0 Å². The van der Waals surface area contributed by atoms with Crippen molar-refractivity contribution in [2.45, 2.75) is 24.7 Å². The molecule has 1 nitrogen and oxygen atoms in total. The SMILES string of the molecule is C=C/C=C\c1ccccc1/C=C(\C=C)N(/C=C/C=C\C(=C)C(=C)C1=C(C=C)c2ccccc2C1(C)C)c1ccc2c(c1)C(c1ccccc1)(c1ccccc1)c1ccccc1-2. The Morgan fingerprint density at radius 3 is 1.82 bits per heavy atom. The van der Waals surface area contributed by atoms with Crippen molar-refractivity contribution in [2.24, 2.45) is 0 Å². The predicted molar refractivity (Wildman–Crippen MR) is 263 cm³/mol. The van der Waals surface area contributed by atoms with E-state index in [9.17, 15) is 0 Å². The number of hydrogen-bond acceptors (Lipinski definition) is 1. The molecule has 0 unspecified atom stereocenters. The lowest BCUT2D eigenvalue weighted by atomic mass is 9.67. The Hall–Kier alpha value is -7.48. The number of anilines is 1. The molecule has 2 aliphatic rings. The molecule has 0 fully saturated rings. The monoisotopic (exact) mass is 785 g/mol. The molecule has 1 heteroatoms. The molecular weight excluding hydrogens is 735 g/mol. The van der Waals surface area contributed by atoms with Crippen LogP contribution in [0.2, 0.25) is 0 Å². The number of fused-ring (bicyclic) bond motifs is 4. The van der Waals surface area contributed by atoms with Crippen molar-refractivity contribution in [3.8, 4) is 11.1 Å². The van der Waals surface area contributed by atoms with Gasteiger partial charge >= 0.3 is 0 Å². The molecule has 0 atom stereocenters. The lowest BCUT2D eigenvalue weighted by Crippen LogP contribution is -2.28. The van der Waals surface area contributed by atoms with Gasteiger partial charge in [0, 0.05) is 23.0 Å². The van der Waals surface area contributed by atoms with Gasteiger partial charge in [0.15, 0.2) is 0 Å². The zero-order valence-electron chi connectivity index (χ0n) is 35.2. The molecule has 0 spiro atoms. The number of allylic oxidation sites excluding steroid dienone is 11. The summed E-state index contributed by atoms with van der Waals surface area (Å²) in [6.07, 6.45) is 20.2. The van der Waals surface area contributed by atoms with E-state index in [-0.39, 0.29) is 5.41 Å². The molecule has 6 aromatic carbocycles. The largest absolute Gasteiger partial charge is 0.317 e. The Morgan fingerprint density at radius 1 is 0.574 bits per heavy atom. The highest BCUT2D eigenvalue weighted by atomic mass is 15.1. The summed E-state index contributed by atoms with van der Waals surface area (Å²) in [7, 11) is 0.